The second-order valence-corrected chi connectivity index (χ2v) is 5.75. The van der Waals surface area contributed by atoms with Crippen molar-refractivity contribution < 1.29 is 14.3 Å². The van der Waals surface area contributed by atoms with Gasteiger partial charge in [-0.1, -0.05) is 20.8 Å². The lowest BCUT2D eigenvalue weighted by molar-refractivity contribution is 0.0551. The van der Waals surface area contributed by atoms with Crippen molar-refractivity contribution in [3.8, 4) is 0 Å². The maximum absolute atomic E-state index is 11.9. The van der Waals surface area contributed by atoms with Crippen LogP contribution in [0.5, 0.6) is 0 Å². The Kier molecular flexibility index (Phi) is 4.57. The van der Waals surface area contributed by atoms with E-state index in [4.69, 9.17) is 4.42 Å². The van der Waals surface area contributed by atoms with E-state index in [0.29, 0.717) is 24.3 Å². The Morgan fingerprint density at radius 1 is 1.44 bits per heavy atom. The van der Waals surface area contributed by atoms with Gasteiger partial charge in [-0.25, -0.2) is 0 Å². The van der Waals surface area contributed by atoms with Crippen LogP contribution in [0, 0.1) is 19.3 Å². The average Bonchev–Trinajstić information content (AvgIpc) is 2.56. The van der Waals surface area contributed by atoms with Crippen LogP contribution in [-0.4, -0.2) is 23.7 Å². The summed E-state index contributed by atoms with van der Waals surface area (Å²) in [5.74, 6) is 1.21. The second-order valence-electron chi connectivity index (χ2n) is 5.75. The molecule has 0 bridgehead atoms. The molecule has 0 unspecified atom stereocenters. The first kappa shape index (κ1) is 14.8. The van der Waals surface area contributed by atoms with Crippen molar-refractivity contribution in [3.05, 3.63) is 23.2 Å². The van der Waals surface area contributed by atoms with Crippen molar-refractivity contribution in [2.45, 2.75) is 47.1 Å². The summed E-state index contributed by atoms with van der Waals surface area (Å²) < 4.78 is 5.31. The number of nitrogens with one attached hydrogen (secondary N) is 1. The highest BCUT2D eigenvalue weighted by Gasteiger charge is 2.22. The van der Waals surface area contributed by atoms with Crippen LogP contribution in [0.3, 0.4) is 0 Å². The number of aliphatic hydroxyl groups excluding tert-OH is 1. The molecular formula is C14H23NO3. The summed E-state index contributed by atoms with van der Waals surface area (Å²) in [6.07, 6.45) is 0.121. The fourth-order valence-corrected chi connectivity index (χ4v) is 1.71. The monoisotopic (exact) mass is 253 g/mol. The summed E-state index contributed by atoms with van der Waals surface area (Å²) in [6, 6.07) is 1.73. The highest BCUT2D eigenvalue weighted by molar-refractivity contribution is 5.95. The molecule has 0 fully saturated rings. The Morgan fingerprint density at radius 3 is 2.50 bits per heavy atom. The van der Waals surface area contributed by atoms with Gasteiger partial charge in [0.25, 0.3) is 5.91 Å². The maximum Gasteiger partial charge on any atom is 0.254 e. The minimum atomic E-state index is -0.426. The highest BCUT2D eigenvalue weighted by atomic mass is 16.3. The van der Waals surface area contributed by atoms with E-state index >= 15 is 0 Å². The van der Waals surface area contributed by atoms with E-state index in [9.17, 15) is 9.90 Å². The molecule has 102 valence electrons. The van der Waals surface area contributed by atoms with Crippen LogP contribution in [-0.2, 0) is 0 Å². The minimum absolute atomic E-state index is 0.148. The standard InChI is InChI=1S/C14H23NO3/c1-9-8-11(10(2)18-9)13(17)15-7-6-12(16)14(3,4)5/h8,12,16H,6-7H2,1-5H3,(H,15,17)/t12-/m0/s1. The van der Waals surface area contributed by atoms with Gasteiger partial charge in [-0.05, 0) is 31.7 Å². The summed E-state index contributed by atoms with van der Waals surface area (Å²) in [6.45, 7) is 9.97. The molecule has 18 heavy (non-hydrogen) atoms. The number of amides is 1. The molecule has 0 aliphatic carbocycles. The largest absolute Gasteiger partial charge is 0.466 e. The summed E-state index contributed by atoms with van der Waals surface area (Å²) in [7, 11) is 0. The third-order valence-electron chi connectivity index (χ3n) is 2.99. The first-order valence-corrected chi connectivity index (χ1v) is 6.25. The van der Waals surface area contributed by atoms with Gasteiger partial charge in [-0.2, -0.15) is 0 Å². The Hall–Kier alpha value is -1.29. The quantitative estimate of drug-likeness (QED) is 0.866. The first-order chi connectivity index (χ1) is 8.21. The van der Waals surface area contributed by atoms with Crippen molar-refractivity contribution in [1.82, 2.24) is 5.32 Å². The number of rotatable bonds is 4. The summed E-state index contributed by atoms with van der Waals surface area (Å²) >= 11 is 0. The van der Waals surface area contributed by atoms with E-state index in [1.165, 1.54) is 0 Å². The van der Waals surface area contributed by atoms with E-state index < -0.39 is 6.10 Å². The summed E-state index contributed by atoms with van der Waals surface area (Å²) in [5, 5.41) is 12.7. The lowest BCUT2D eigenvalue weighted by atomic mass is 9.87. The number of hydrogen-bond acceptors (Lipinski definition) is 3. The zero-order valence-corrected chi connectivity index (χ0v) is 11.8. The van der Waals surface area contributed by atoms with Crippen LogP contribution < -0.4 is 5.32 Å². The van der Waals surface area contributed by atoms with E-state index in [2.05, 4.69) is 5.32 Å². The van der Waals surface area contributed by atoms with Crippen molar-refractivity contribution in [3.63, 3.8) is 0 Å². The number of carbonyl (C=O) groups excluding carboxylic acids is 1. The van der Waals surface area contributed by atoms with Crippen LogP contribution in [0.2, 0.25) is 0 Å². The third kappa shape index (κ3) is 3.88. The van der Waals surface area contributed by atoms with Crippen LogP contribution in [0.1, 0.15) is 49.1 Å². The molecule has 1 amide bonds. The average molecular weight is 253 g/mol. The SMILES string of the molecule is Cc1cc(C(=O)NCC[C@H](O)C(C)(C)C)c(C)o1. The summed E-state index contributed by atoms with van der Waals surface area (Å²) in [4.78, 5) is 11.9. The molecule has 1 heterocycles. The highest BCUT2D eigenvalue weighted by Crippen LogP contribution is 2.21. The lowest BCUT2D eigenvalue weighted by Gasteiger charge is -2.25. The Morgan fingerprint density at radius 2 is 2.06 bits per heavy atom. The molecule has 0 aliphatic heterocycles. The van der Waals surface area contributed by atoms with Gasteiger partial charge in [-0.3, -0.25) is 4.79 Å². The molecule has 0 aliphatic rings. The van der Waals surface area contributed by atoms with Crippen LogP contribution in [0.4, 0.5) is 0 Å². The normalized spacial score (nSPS) is 13.4. The Balaban J connectivity index is 2.46. The van der Waals surface area contributed by atoms with E-state index in [0.717, 1.165) is 5.76 Å². The van der Waals surface area contributed by atoms with Crippen LogP contribution >= 0.6 is 0 Å². The van der Waals surface area contributed by atoms with E-state index in [-0.39, 0.29) is 11.3 Å². The molecule has 0 aromatic carbocycles. The van der Waals surface area contributed by atoms with Gasteiger partial charge in [0.1, 0.15) is 11.5 Å². The van der Waals surface area contributed by atoms with Gasteiger partial charge < -0.3 is 14.8 Å². The zero-order valence-electron chi connectivity index (χ0n) is 11.8. The Bertz CT molecular complexity index is 415. The number of furan rings is 1. The predicted octanol–water partition coefficient (Wildman–Crippen LogP) is 2.42. The molecule has 1 aromatic rings. The molecule has 1 aromatic heterocycles. The molecule has 0 radical (unpaired) electrons. The maximum atomic E-state index is 11.9. The second kappa shape index (κ2) is 5.57. The Labute approximate surface area is 108 Å². The van der Waals surface area contributed by atoms with Crippen LogP contribution in [0.15, 0.2) is 10.5 Å². The number of hydrogen-bond donors (Lipinski definition) is 2. The van der Waals surface area contributed by atoms with Crippen molar-refractivity contribution in [2.75, 3.05) is 6.54 Å². The number of aryl methyl sites for hydroxylation is 2. The van der Waals surface area contributed by atoms with Gasteiger partial charge in [0.15, 0.2) is 0 Å². The molecule has 2 N–H and O–H groups in total. The van der Waals surface area contributed by atoms with E-state index in [1.54, 1.807) is 13.0 Å². The van der Waals surface area contributed by atoms with Crippen LogP contribution in [0.25, 0.3) is 0 Å². The van der Waals surface area contributed by atoms with Gasteiger partial charge in [0, 0.05) is 6.54 Å². The fraction of sp³-hybridized carbons (Fsp3) is 0.643. The van der Waals surface area contributed by atoms with E-state index in [1.807, 2.05) is 27.7 Å². The number of carbonyl (C=O) groups is 1. The molecule has 0 saturated heterocycles. The molecule has 1 rings (SSSR count). The van der Waals surface area contributed by atoms with Gasteiger partial charge in [0.05, 0.1) is 11.7 Å². The van der Waals surface area contributed by atoms with Crippen molar-refractivity contribution >= 4 is 5.91 Å². The van der Waals surface area contributed by atoms with Gasteiger partial charge >= 0.3 is 0 Å². The molecule has 4 heteroatoms. The summed E-state index contributed by atoms with van der Waals surface area (Å²) in [5.41, 5.74) is 0.408. The molecule has 0 saturated carbocycles. The first-order valence-electron chi connectivity index (χ1n) is 6.25. The predicted molar refractivity (Wildman–Crippen MR) is 70.6 cm³/mol. The molecule has 0 spiro atoms. The fourth-order valence-electron chi connectivity index (χ4n) is 1.71. The molecule has 4 nitrogen and oxygen atoms in total. The zero-order chi connectivity index (χ0) is 13.9. The minimum Gasteiger partial charge on any atom is -0.466 e. The third-order valence-corrected chi connectivity index (χ3v) is 2.99. The number of aliphatic hydroxyl groups is 1. The molecule has 1 atom stereocenters. The smallest absolute Gasteiger partial charge is 0.254 e. The van der Waals surface area contributed by atoms with Gasteiger partial charge in [-0.15, -0.1) is 0 Å². The van der Waals surface area contributed by atoms with Gasteiger partial charge in [0.2, 0.25) is 0 Å². The lowest BCUT2D eigenvalue weighted by Crippen LogP contribution is -2.32. The molecular weight excluding hydrogens is 230 g/mol. The van der Waals surface area contributed by atoms with Crippen molar-refractivity contribution in [1.29, 1.82) is 0 Å². The van der Waals surface area contributed by atoms with Crippen molar-refractivity contribution in [2.24, 2.45) is 5.41 Å². The topological polar surface area (TPSA) is 62.5 Å².